The zero-order chi connectivity index (χ0) is 14.5. The number of benzene rings is 2. The number of nitrogens with zero attached hydrogens (tertiary/aromatic N) is 1. The molecule has 2 aromatic carbocycles. The van der Waals surface area contributed by atoms with Crippen LogP contribution in [0.1, 0.15) is 5.56 Å². The van der Waals surface area contributed by atoms with Crippen molar-refractivity contribution in [2.24, 2.45) is 10.9 Å². The van der Waals surface area contributed by atoms with E-state index in [1.165, 1.54) is 11.8 Å². The van der Waals surface area contributed by atoms with Gasteiger partial charge in [0.25, 0.3) is 0 Å². The van der Waals surface area contributed by atoms with E-state index in [2.05, 4.69) is 21.1 Å². The summed E-state index contributed by atoms with van der Waals surface area (Å²) in [5.41, 5.74) is 6.40. The second-order valence-corrected chi connectivity index (χ2v) is 5.79. The van der Waals surface area contributed by atoms with Gasteiger partial charge in [-0.15, -0.1) is 0 Å². The van der Waals surface area contributed by atoms with Crippen molar-refractivity contribution >= 4 is 33.5 Å². The van der Waals surface area contributed by atoms with Crippen LogP contribution in [0.2, 0.25) is 0 Å². The lowest BCUT2D eigenvalue weighted by Gasteiger charge is -2.12. The molecule has 4 nitrogen and oxygen atoms in total. The molecule has 0 aliphatic carbocycles. The van der Waals surface area contributed by atoms with Crippen LogP contribution in [0, 0.1) is 0 Å². The number of amidine groups is 1. The maximum absolute atomic E-state index is 8.91. The summed E-state index contributed by atoms with van der Waals surface area (Å²) in [4.78, 5) is 1.83. The van der Waals surface area contributed by atoms with Gasteiger partial charge in [0.05, 0.1) is 12.0 Å². The van der Waals surface area contributed by atoms with E-state index >= 15 is 0 Å². The number of methoxy groups -OCH3 is 1. The zero-order valence-corrected chi connectivity index (χ0v) is 13.1. The van der Waals surface area contributed by atoms with E-state index in [1.807, 2.05) is 42.5 Å². The summed E-state index contributed by atoms with van der Waals surface area (Å²) in [6, 6.07) is 13.4. The molecular formula is C14H13BrN2O2S. The Labute approximate surface area is 129 Å². The summed E-state index contributed by atoms with van der Waals surface area (Å²) in [7, 11) is 1.63. The molecule has 0 saturated heterocycles. The van der Waals surface area contributed by atoms with Crippen molar-refractivity contribution in [2.75, 3.05) is 7.11 Å². The lowest BCUT2D eigenvalue weighted by molar-refractivity contribution is 0.318. The van der Waals surface area contributed by atoms with E-state index in [-0.39, 0.29) is 5.84 Å². The highest BCUT2D eigenvalue weighted by Crippen LogP contribution is 2.38. The molecular weight excluding hydrogens is 340 g/mol. The second-order valence-electron chi connectivity index (χ2n) is 3.85. The number of oxime groups is 1. The van der Waals surface area contributed by atoms with E-state index in [4.69, 9.17) is 15.7 Å². The highest BCUT2D eigenvalue weighted by atomic mass is 79.9. The van der Waals surface area contributed by atoms with Crippen molar-refractivity contribution in [3.63, 3.8) is 0 Å². The molecule has 0 heterocycles. The Kier molecular flexibility index (Phi) is 4.92. The van der Waals surface area contributed by atoms with E-state index in [1.54, 1.807) is 7.11 Å². The van der Waals surface area contributed by atoms with Gasteiger partial charge in [0.1, 0.15) is 5.75 Å². The number of nitrogens with two attached hydrogens (primary N) is 1. The van der Waals surface area contributed by atoms with E-state index in [0.29, 0.717) is 5.56 Å². The van der Waals surface area contributed by atoms with Crippen LogP contribution in [0.5, 0.6) is 5.75 Å². The number of rotatable bonds is 4. The quantitative estimate of drug-likeness (QED) is 0.381. The summed E-state index contributed by atoms with van der Waals surface area (Å²) in [6.07, 6.45) is 0. The third-order valence-electron chi connectivity index (χ3n) is 2.63. The van der Waals surface area contributed by atoms with Gasteiger partial charge in [0.15, 0.2) is 5.84 Å². The van der Waals surface area contributed by atoms with Crippen LogP contribution in [0.3, 0.4) is 0 Å². The third-order valence-corrected chi connectivity index (χ3v) is 4.41. The summed E-state index contributed by atoms with van der Waals surface area (Å²) >= 11 is 4.92. The summed E-state index contributed by atoms with van der Waals surface area (Å²) in [5.74, 6) is 0.845. The fourth-order valence-electron chi connectivity index (χ4n) is 1.71. The van der Waals surface area contributed by atoms with Gasteiger partial charge in [-0.1, -0.05) is 35.1 Å². The SMILES string of the molecule is COc1ccccc1Sc1cccc(Br)c1/C(N)=N/O. The molecule has 0 atom stereocenters. The smallest absolute Gasteiger partial charge is 0.172 e. The number of ether oxygens (including phenoxy) is 1. The number of halogens is 1. The topological polar surface area (TPSA) is 67.8 Å². The van der Waals surface area contributed by atoms with Crippen LogP contribution in [-0.4, -0.2) is 18.2 Å². The van der Waals surface area contributed by atoms with Crippen molar-refractivity contribution in [3.05, 3.63) is 52.5 Å². The lowest BCUT2D eigenvalue weighted by atomic mass is 10.2. The molecule has 104 valence electrons. The van der Waals surface area contributed by atoms with Crippen molar-refractivity contribution in [1.82, 2.24) is 0 Å². The van der Waals surface area contributed by atoms with Crippen LogP contribution < -0.4 is 10.5 Å². The molecule has 3 N–H and O–H groups in total. The second kappa shape index (κ2) is 6.67. The fourth-order valence-corrected chi connectivity index (χ4v) is 3.51. The molecule has 20 heavy (non-hydrogen) atoms. The average Bonchev–Trinajstić information content (AvgIpc) is 2.47. The predicted octanol–water partition coefficient (Wildman–Crippen LogP) is 3.70. The molecule has 0 amide bonds. The average molecular weight is 353 g/mol. The maximum atomic E-state index is 8.91. The minimum absolute atomic E-state index is 0.0647. The van der Waals surface area contributed by atoms with Gasteiger partial charge in [-0.05, 0) is 40.2 Å². The lowest BCUT2D eigenvalue weighted by Crippen LogP contribution is -2.15. The number of hydrogen-bond donors (Lipinski definition) is 2. The van der Waals surface area contributed by atoms with E-state index in [0.717, 1.165) is 20.0 Å². The first-order chi connectivity index (χ1) is 9.67. The highest BCUT2D eigenvalue weighted by Gasteiger charge is 2.14. The molecule has 0 aromatic heterocycles. The Morgan fingerprint density at radius 3 is 2.60 bits per heavy atom. The molecule has 2 aromatic rings. The normalized spacial score (nSPS) is 11.4. The molecule has 0 bridgehead atoms. The van der Waals surface area contributed by atoms with Crippen molar-refractivity contribution in [1.29, 1.82) is 0 Å². The van der Waals surface area contributed by atoms with Gasteiger partial charge in [0.2, 0.25) is 0 Å². The Bertz CT molecular complexity index is 647. The third kappa shape index (κ3) is 3.08. The van der Waals surface area contributed by atoms with Crippen LogP contribution >= 0.6 is 27.7 Å². The maximum Gasteiger partial charge on any atom is 0.172 e. The van der Waals surface area contributed by atoms with Crippen LogP contribution in [0.15, 0.2) is 61.9 Å². The van der Waals surface area contributed by atoms with Gasteiger partial charge >= 0.3 is 0 Å². The molecule has 0 radical (unpaired) electrons. The van der Waals surface area contributed by atoms with Gasteiger partial charge in [-0.2, -0.15) is 0 Å². The van der Waals surface area contributed by atoms with Gasteiger partial charge in [0, 0.05) is 14.9 Å². The Morgan fingerprint density at radius 1 is 1.20 bits per heavy atom. The first kappa shape index (κ1) is 14.7. The molecule has 0 unspecified atom stereocenters. The largest absolute Gasteiger partial charge is 0.496 e. The predicted molar refractivity (Wildman–Crippen MR) is 83.8 cm³/mol. The Morgan fingerprint density at radius 2 is 1.90 bits per heavy atom. The number of hydrogen-bond acceptors (Lipinski definition) is 4. The van der Waals surface area contributed by atoms with Crippen molar-refractivity contribution < 1.29 is 9.94 Å². The molecule has 0 fully saturated rings. The van der Waals surface area contributed by atoms with Gasteiger partial charge in [-0.3, -0.25) is 0 Å². The van der Waals surface area contributed by atoms with Crippen molar-refractivity contribution in [2.45, 2.75) is 9.79 Å². The summed E-state index contributed by atoms with van der Waals surface area (Å²) < 4.78 is 6.10. The highest BCUT2D eigenvalue weighted by molar-refractivity contribution is 9.10. The van der Waals surface area contributed by atoms with E-state index in [9.17, 15) is 0 Å². The van der Waals surface area contributed by atoms with Crippen molar-refractivity contribution in [3.8, 4) is 5.75 Å². The molecule has 0 spiro atoms. The fraction of sp³-hybridized carbons (Fsp3) is 0.0714. The van der Waals surface area contributed by atoms with E-state index < -0.39 is 0 Å². The molecule has 0 saturated carbocycles. The minimum Gasteiger partial charge on any atom is -0.496 e. The Balaban J connectivity index is 2.46. The molecule has 2 rings (SSSR count). The first-order valence-corrected chi connectivity index (χ1v) is 7.35. The summed E-state index contributed by atoms with van der Waals surface area (Å²) in [6.45, 7) is 0. The summed E-state index contributed by atoms with van der Waals surface area (Å²) in [5, 5.41) is 12.0. The molecule has 0 aliphatic rings. The molecule has 0 aliphatic heterocycles. The van der Waals surface area contributed by atoms with Crippen LogP contribution in [-0.2, 0) is 0 Å². The minimum atomic E-state index is 0.0647. The van der Waals surface area contributed by atoms with Crippen LogP contribution in [0.4, 0.5) is 0 Å². The molecule has 6 heteroatoms. The van der Waals surface area contributed by atoms with Gasteiger partial charge in [-0.25, -0.2) is 0 Å². The Hall–Kier alpha value is -1.66. The monoisotopic (exact) mass is 352 g/mol. The first-order valence-electron chi connectivity index (χ1n) is 5.74. The zero-order valence-electron chi connectivity index (χ0n) is 10.7. The van der Waals surface area contributed by atoms with Crippen LogP contribution in [0.25, 0.3) is 0 Å². The standard InChI is InChI=1S/C14H13BrN2O2S/c1-19-10-6-2-3-7-11(10)20-12-8-4-5-9(15)13(12)14(16)17-18/h2-8,18H,1H3,(H2,16,17). The number of para-hydroxylation sites is 1. The van der Waals surface area contributed by atoms with Gasteiger partial charge < -0.3 is 15.7 Å².